The molecule has 0 radical (unpaired) electrons. The van der Waals surface area contributed by atoms with Gasteiger partial charge < -0.3 is 24.3 Å². The van der Waals surface area contributed by atoms with Crippen LogP contribution in [-0.4, -0.2) is 48.2 Å². The highest BCUT2D eigenvalue weighted by atomic mass is 79.9. The van der Waals surface area contributed by atoms with Gasteiger partial charge in [-0.05, 0) is 66.9 Å². The van der Waals surface area contributed by atoms with Crippen LogP contribution in [0.15, 0.2) is 53.5 Å². The van der Waals surface area contributed by atoms with Crippen LogP contribution in [-0.2, 0) is 4.74 Å². The fourth-order valence-electron chi connectivity index (χ4n) is 3.54. The Morgan fingerprint density at radius 3 is 2.76 bits per heavy atom. The molecule has 8 nitrogen and oxygen atoms in total. The lowest BCUT2D eigenvalue weighted by atomic mass is 10.2. The standard InChI is InChI=1S/C20H16BrClN4O2.C3H8O2/c21-13-7-12-1-2-14(8-17(12)23-9-13)27-10-15-3-4-18(28-15)26-6-5-16-19(22)24-11-25-20(16)26;1-3(2,4)5/h1-2,5-9,11,15,18H,3-4,10H2;4-5H,1-2H3. The van der Waals surface area contributed by atoms with Gasteiger partial charge in [-0.1, -0.05) is 11.6 Å². The van der Waals surface area contributed by atoms with Gasteiger partial charge in [-0.3, -0.25) is 4.98 Å². The molecule has 1 aliphatic heterocycles. The van der Waals surface area contributed by atoms with Gasteiger partial charge in [0.05, 0.1) is 17.0 Å². The molecule has 1 aromatic carbocycles. The molecule has 0 aliphatic carbocycles. The zero-order chi connectivity index (χ0) is 23.6. The van der Waals surface area contributed by atoms with Gasteiger partial charge >= 0.3 is 0 Å². The number of nitrogens with zero attached hydrogens (tertiary/aromatic N) is 4. The fourth-order valence-corrected chi connectivity index (χ4v) is 4.08. The SMILES string of the molecule is CC(C)(O)O.Clc1ncnc2c1ccn2C1CCC(COc2ccc3cc(Br)cnc3c2)O1. The number of aromatic nitrogens is 4. The summed E-state index contributed by atoms with van der Waals surface area (Å²) in [5.74, 6) is -0.708. The molecule has 10 heteroatoms. The molecule has 1 aliphatic rings. The third-order valence-electron chi connectivity index (χ3n) is 4.91. The maximum atomic E-state index is 8.08. The number of rotatable bonds is 4. The Morgan fingerprint density at radius 2 is 1.97 bits per heavy atom. The van der Waals surface area contributed by atoms with Crippen molar-refractivity contribution >= 4 is 49.5 Å². The molecule has 174 valence electrons. The molecular formula is C23H24BrClN4O4. The molecule has 33 heavy (non-hydrogen) atoms. The summed E-state index contributed by atoms with van der Waals surface area (Å²) < 4.78 is 15.1. The van der Waals surface area contributed by atoms with Gasteiger partial charge in [0.25, 0.3) is 0 Å². The molecule has 2 N–H and O–H groups in total. The fraction of sp³-hybridized carbons (Fsp3) is 0.348. The summed E-state index contributed by atoms with van der Waals surface area (Å²) in [5.41, 5.74) is 1.69. The summed E-state index contributed by atoms with van der Waals surface area (Å²) >= 11 is 9.58. The zero-order valence-electron chi connectivity index (χ0n) is 18.2. The predicted molar refractivity (Wildman–Crippen MR) is 129 cm³/mol. The Balaban J connectivity index is 0.000000471. The molecule has 0 spiro atoms. The van der Waals surface area contributed by atoms with Crippen molar-refractivity contribution in [3.8, 4) is 5.75 Å². The summed E-state index contributed by atoms with van der Waals surface area (Å²) in [6, 6.07) is 9.88. The summed E-state index contributed by atoms with van der Waals surface area (Å²) in [6.45, 7) is 3.09. The van der Waals surface area contributed by atoms with Crippen molar-refractivity contribution in [1.82, 2.24) is 19.5 Å². The molecule has 4 heterocycles. The first-order valence-corrected chi connectivity index (χ1v) is 11.6. The van der Waals surface area contributed by atoms with Gasteiger partial charge in [0.15, 0.2) is 5.79 Å². The summed E-state index contributed by atoms with van der Waals surface area (Å²) in [7, 11) is 0. The zero-order valence-corrected chi connectivity index (χ0v) is 20.5. The maximum absolute atomic E-state index is 8.08. The lowest BCUT2D eigenvalue weighted by Gasteiger charge is -2.16. The third-order valence-corrected chi connectivity index (χ3v) is 5.65. The van der Waals surface area contributed by atoms with Crippen LogP contribution in [0.3, 0.4) is 0 Å². The summed E-state index contributed by atoms with van der Waals surface area (Å²) in [6.07, 6.45) is 6.97. The van der Waals surface area contributed by atoms with Gasteiger partial charge in [0.2, 0.25) is 0 Å². The number of ether oxygens (including phenoxy) is 2. The number of hydrogen-bond donors (Lipinski definition) is 2. The van der Waals surface area contributed by atoms with E-state index >= 15 is 0 Å². The van der Waals surface area contributed by atoms with Crippen molar-refractivity contribution in [2.75, 3.05) is 6.61 Å². The number of halogens is 2. The first-order chi connectivity index (χ1) is 15.7. The van der Waals surface area contributed by atoms with E-state index in [1.54, 1.807) is 6.20 Å². The van der Waals surface area contributed by atoms with Gasteiger partial charge in [-0.15, -0.1) is 0 Å². The topological polar surface area (TPSA) is 103 Å². The van der Waals surface area contributed by atoms with E-state index in [2.05, 4.69) is 30.9 Å². The van der Waals surface area contributed by atoms with E-state index in [0.717, 1.165) is 45.0 Å². The number of benzene rings is 1. The number of fused-ring (bicyclic) bond motifs is 2. The van der Waals surface area contributed by atoms with E-state index in [-0.39, 0.29) is 12.3 Å². The van der Waals surface area contributed by atoms with Crippen molar-refractivity contribution in [2.24, 2.45) is 0 Å². The number of hydrogen-bond acceptors (Lipinski definition) is 7. The second-order valence-electron chi connectivity index (χ2n) is 8.23. The van der Waals surface area contributed by atoms with Crippen molar-refractivity contribution in [3.63, 3.8) is 0 Å². The van der Waals surface area contributed by atoms with Crippen LogP contribution >= 0.6 is 27.5 Å². The maximum Gasteiger partial charge on any atom is 0.156 e. The first kappa shape index (κ1) is 23.8. The highest BCUT2D eigenvalue weighted by Gasteiger charge is 2.28. The van der Waals surface area contributed by atoms with Crippen LogP contribution in [0.4, 0.5) is 0 Å². The highest BCUT2D eigenvalue weighted by Crippen LogP contribution is 2.32. The van der Waals surface area contributed by atoms with Crippen LogP contribution in [0, 0.1) is 0 Å². The quantitative estimate of drug-likeness (QED) is 0.284. The van der Waals surface area contributed by atoms with Crippen LogP contribution in [0.25, 0.3) is 21.9 Å². The first-order valence-electron chi connectivity index (χ1n) is 10.4. The van der Waals surface area contributed by atoms with Crippen molar-refractivity contribution < 1.29 is 19.7 Å². The molecule has 4 aromatic rings. The highest BCUT2D eigenvalue weighted by molar-refractivity contribution is 9.10. The summed E-state index contributed by atoms with van der Waals surface area (Å²) in [4.78, 5) is 12.8. The monoisotopic (exact) mass is 534 g/mol. The number of aliphatic hydroxyl groups is 2. The van der Waals surface area contributed by atoms with Crippen molar-refractivity contribution in [3.05, 3.63) is 58.7 Å². The van der Waals surface area contributed by atoms with Crippen molar-refractivity contribution in [1.29, 1.82) is 0 Å². The molecule has 5 rings (SSSR count). The molecule has 0 saturated carbocycles. The molecule has 3 aromatic heterocycles. The smallest absolute Gasteiger partial charge is 0.156 e. The van der Waals surface area contributed by atoms with Gasteiger partial charge in [-0.25, -0.2) is 9.97 Å². The average Bonchev–Trinajstić information content (AvgIpc) is 3.38. The van der Waals surface area contributed by atoms with Gasteiger partial charge in [0, 0.05) is 28.3 Å². The molecule has 2 atom stereocenters. The van der Waals surface area contributed by atoms with Crippen LogP contribution in [0.1, 0.15) is 32.9 Å². The predicted octanol–water partition coefficient (Wildman–Crippen LogP) is 4.86. The minimum atomic E-state index is -1.50. The largest absolute Gasteiger partial charge is 0.491 e. The molecule has 0 bridgehead atoms. The van der Waals surface area contributed by atoms with E-state index in [9.17, 15) is 0 Å². The molecule has 2 unspecified atom stereocenters. The normalized spacial score (nSPS) is 18.4. The Hall–Kier alpha value is -2.30. The van der Waals surface area contributed by atoms with Gasteiger partial charge in [-0.2, -0.15) is 0 Å². The van der Waals surface area contributed by atoms with E-state index in [1.165, 1.54) is 20.2 Å². The van der Waals surface area contributed by atoms with E-state index in [0.29, 0.717) is 11.8 Å². The Kier molecular flexibility index (Phi) is 7.16. The third kappa shape index (κ3) is 6.18. The van der Waals surface area contributed by atoms with Crippen LogP contribution in [0.2, 0.25) is 5.15 Å². The average molecular weight is 536 g/mol. The molecular weight excluding hydrogens is 512 g/mol. The Bertz CT molecular complexity index is 1250. The van der Waals surface area contributed by atoms with E-state index < -0.39 is 5.79 Å². The lowest BCUT2D eigenvalue weighted by molar-refractivity contribution is -0.127. The van der Waals surface area contributed by atoms with Crippen LogP contribution < -0.4 is 4.74 Å². The second kappa shape index (κ2) is 9.90. The molecule has 0 amide bonds. The summed E-state index contributed by atoms with van der Waals surface area (Å²) in [5, 5.41) is 18.5. The molecule has 1 fully saturated rings. The number of pyridine rings is 1. The second-order valence-corrected chi connectivity index (χ2v) is 9.50. The van der Waals surface area contributed by atoms with Gasteiger partial charge in [0.1, 0.15) is 35.7 Å². The minimum absolute atomic E-state index is 0.0216. The minimum Gasteiger partial charge on any atom is -0.491 e. The molecule has 1 saturated heterocycles. The van der Waals surface area contributed by atoms with E-state index in [4.69, 9.17) is 31.3 Å². The Labute approximate surface area is 204 Å². The van der Waals surface area contributed by atoms with Crippen LogP contribution in [0.5, 0.6) is 5.75 Å². The Morgan fingerprint density at radius 1 is 1.18 bits per heavy atom. The van der Waals surface area contributed by atoms with Crippen molar-refractivity contribution in [2.45, 2.75) is 44.8 Å². The van der Waals surface area contributed by atoms with E-state index in [1.807, 2.05) is 41.1 Å². The lowest BCUT2D eigenvalue weighted by Crippen LogP contribution is -2.18.